The van der Waals surface area contributed by atoms with Crippen LogP contribution >= 0.6 is 34.5 Å². The van der Waals surface area contributed by atoms with Gasteiger partial charge >= 0.3 is 0 Å². The van der Waals surface area contributed by atoms with Crippen LogP contribution in [0.1, 0.15) is 18.5 Å². The van der Waals surface area contributed by atoms with Crippen molar-refractivity contribution in [3.05, 3.63) is 75.6 Å². The van der Waals surface area contributed by atoms with Crippen LogP contribution in [0, 0.1) is 0 Å². The summed E-state index contributed by atoms with van der Waals surface area (Å²) in [6.07, 6.45) is 0. The maximum Gasteiger partial charge on any atom is 0.273 e. The Bertz CT molecular complexity index is 1150. The molecule has 0 radical (unpaired) electrons. The minimum absolute atomic E-state index is 0.196. The van der Waals surface area contributed by atoms with Gasteiger partial charge in [-0.15, -0.1) is 11.3 Å². The Labute approximate surface area is 195 Å². The van der Waals surface area contributed by atoms with Crippen molar-refractivity contribution in [2.24, 2.45) is 0 Å². The summed E-state index contributed by atoms with van der Waals surface area (Å²) in [4.78, 5) is 12.2. The summed E-state index contributed by atoms with van der Waals surface area (Å²) in [6, 6.07) is 14.5. The Morgan fingerprint density at radius 1 is 1.16 bits per heavy atom. The number of carbonyl (C=O) groups is 1. The average molecular weight is 499 g/mol. The lowest BCUT2D eigenvalue weighted by Gasteiger charge is -2.19. The maximum absolute atomic E-state index is 12.6. The van der Waals surface area contributed by atoms with E-state index in [9.17, 15) is 13.2 Å². The summed E-state index contributed by atoms with van der Waals surface area (Å²) >= 11 is 13.2. The van der Waals surface area contributed by atoms with Crippen LogP contribution < -0.4 is 14.4 Å². The van der Waals surface area contributed by atoms with E-state index in [-0.39, 0.29) is 22.8 Å². The smallest absolute Gasteiger partial charge is 0.273 e. The molecule has 3 rings (SSSR count). The second kappa shape index (κ2) is 9.91. The molecule has 0 spiro atoms. The van der Waals surface area contributed by atoms with Crippen molar-refractivity contribution in [3.63, 3.8) is 0 Å². The molecular formula is C21H20Cl2N2O4S2. The Hall–Kier alpha value is -2.26. The summed E-state index contributed by atoms with van der Waals surface area (Å²) in [7, 11) is -2.12. The number of sulfonamides is 1. The van der Waals surface area contributed by atoms with Gasteiger partial charge in [0.2, 0.25) is 0 Å². The number of amides is 1. The van der Waals surface area contributed by atoms with Crippen LogP contribution in [0.2, 0.25) is 10.0 Å². The van der Waals surface area contributed by atoms with Gasteiger partial charge in [0.1, 0.15) is 9.96 Å². The van der Waals surface area contributed by atoms with E-state index in [1.54, 1.807) is 60.0 Å². The lowest BCUT2D eigenvalue weighted by atomic mass is 10.1. The molecule has 1 atom stereocenters. The van der Waals surface area contributed by atoms with E-state index in [4.69, 9.17) is 27.9 Å². The normalized spacial score (nSPS) is 12.3. The third-order valence-electron chi connectivity index (χ3n) is 4.49. The molecule has 0 aliphatic heterocycles. The Kier molecular flexibility index (Phi) is 7.48. The molecule has 1 amide bonds. The monoisotopic (exact) mass is 498 g/mol. The molecule has 0 bridgehead atoms. The first-order valence-corrected chi connectivity index (χ1v) is 12.3. The van der Waals surface area contributed by atoms with E-state index in [0.717, 1.165) is 16.9 Å². The molecule has 10 heteroatoms. The van der Waals surface area contributed by atoms with Gasteiger partial charge < -0.3 is 10.1 Å². The highest BCUT2D eigenvalue weighted by atomic mass is 35.5. The van der Waals surface area contributed by atoms with Gasteiger partial charge in [-0.2, -0.15) is 0 Å². The molecule has 0 saturated heterocycles. The first kappa shape index (κ1) is 23.4. The minimum Gasteiger partial charge on any atom is -0.484 e. The standard InChI is InChI=1S/C21H20Cl2N2O4S2/c1-14(18-10-5-15(22)12-19(18)23)24-20(26)13-29-17-8-6-16(7-9-17)25(2)31(27,28)21-4-3-11-30-21/h3-12,14H,13H2,1-2H3,(H,24,26). The van der Waals surface area contributed by atoms with Crippen LogP contribution in [0.5, 0.6) is 5.75 Å². The molecule has 0 aliphatic carbocycles. The molecule has 0 fully saturated rings. The van der Waals surface area contributed by atoms with Crippen molar-refractivity contribution in [2.75, 3.05) is 18.0 Å². The molecule has 2 aromatic carbocycles. The number of nitrogens with zero attached hydrogens (tertiary/aromatic N) is 1. The van der Waals surface area contributed by atoms with Crippen LogP contribution in [0.3, 0.4) is 0 Å². The average Bonchev–Trinajstić information content (AvgIpc) is 3.28. The van der Waals surface area contributed by atoms with Gasteiger partial charge in [-0.25, -0.2) is 8.42 Å². The van der Waals surface area contributed by atoms with E-state index < -0.39 is 10.0 Å². The van der Waals surface area contributed by atoms with Gasteiger partial charge in [-0.05, 0) is 60.3 Å². The van der Waals surface area contributed by atoms with Gasteiger partial charge in [-0.3, -0.25) is 9.10 Å². The Morgan fingerprint density at radius 3 is 2.48 bits per heavy atom. The second-order valence-electron chi connectivity index (χ2n) is 6.64. The van der Waals surface area contributed by atoms with Crippen molar-refractivity contribution in [3.8, 4) is 5.75 Å². The van der Waals surface area contributed by atoms with E-state index >= 15 is 0 Å². The highest BCUT2D eigenvalue weighted by Crippen LogP contribution is 2.27. The Balaban J connectivity index is 1.57. The minimum atomic E-state index is -3.61. The third-order valence-corrected chi connectivity index (χ3v) is 8.21. The fraction of sp³-hybridized carbons (Fsp3) is 0.190. The number of halogens is 2. The van der Waals surface area contributed by atoms with E-state index in [0.29, 0.717) is 21.5 Å². The van der Waals surface area contributed by atoms with Crippen molar-refractivity contribution in [2.45, 2.75) is 17.2 Å². The first-order valence-electron chi connectivity index (χ1n) is 9.18. The molecule has 164 valence electrons. The quantitative estimate of drug-likeness (QED) is 0.466. The predicted octanol–water partition coefficient (Wildman–Crippen LogP) is 5.14. The first-order chi connectivity index (χ1) is 14.7. The summed E-state index contributed by atoms with van der Waals surface area (Å²) in [5, 5.41) is 5.52. The van der Waals surface area contributed by atoms with Crippen molar-refractivity contribution < 1.29 is 17.9 Å². The zero-order valence-electron chi connectivity index (χ0n) is 16.7. The molecule has 1 heterocycles. The second-order valence-corrected chi connectivity index (χ2v) is 10.6. The molecular weight excluding hydrogens is 479 g/mol. The zero-order valence-corrected chi connectivity index (χ0v) is 19.9. The summed E-state index contributed by atoms with van der Waals surface area (Å²) in [5.41, 5.74) is 1.23. The number of thiophene rings is 1. The number of carbonyl (C=O) groups excluding carboxylic acids is 1. The summed E-state index contributed by atoms with van der Waals surface area (Å²) in [5.74, 6) is 0.123. The zero-order chi connectivity index (χ0) is 22.6. The van der Waals surface area contributed by atoms with Crippen LogP contribution in [-0.2, 0) is 14.8 Å². The summed E-state index contributed by atoms with van der Waals surface area (Å²) in [6.45, 7) is 1.61. The number of hydrogen-bond donors (Lipinski definition) is 1. The highest BCUT2D eigenvalue weighted by molar-refractivity contribution is 7.94. The van der Waals surface area contributed by atoms with Crippen molar-refractivity contribution >= 4 is 56.2 Å². The van der Waals surface area contributed by atoms with Crippen LogP contribution in [-0.4, -0.2) is 28.0 Å². The molecule has 0 aliphatic rings. The van der Waals surface area contributed by atoms with Crippen molar-refractivity contribution in [1.29, 1.82) is 0 Å². The molecule has 1 N–H and O–H groups in total. The highest BCUT2D eigenvalue weighted by Gasteiger charge is 2.22. The molecule has 31 heavy (non-hydrogen) atoms. The number of anilines is 1. The molecule has 6 nitrogen and oxygen atoms in total. The fourth-order valence-electron chi connectivity index (χ4n) is 2.80. The lowest BCUT2D eigenvalue weighted by Crippen LogP contribution is -2.31. The van der Waals surface area contributed by atoms with Gasteiger partial charge in [-0.1, -0.05) is 35.3 Å². The molecule has 1 aromatic heterocycles. The number of nitrogens with one attached hydrogen (secondary N) is 1. The fourth-order valence-corrected chi connectivity index (χ4v) is 5.73. The van der Waals surface area contributed by atoms with Crippen LogP contribution in [0.15, 0.2) is 64.2 Å². The predicted molar refractivity (Wildman–Crippen MR) is 125 cm³/mol. The van der Waals surface area contributed by atoms with Gasteiger partial charge in [0.15, 0.2) is 6.61 Å². The van der Waals surface area contributed by atoms with Gasteiger partial charge in [0.05, 0.1) is 11.7 Å². The van der Waals surface area contributed by atoms with E-state index in [1.807, 2.05) is 6.92 Å². The number of rotatable bonds is 8. The lowest BCUT2D eigenvalue weighted by molar-refractivity contribution is -0.123. The SMILES string of the molecule is CC(NC(=O)COc1ccc(N(C)S(=O)(=O)c2cccs2)cc1)c1ccc(Cl)cc1Cl. The largest absolute Gasteiger partial charge is 0.484 e. The van der Waals surface area contributed by atoms with Crippen molar-refractivity contribution in [1.82, 2.24) is 5.32 Å². The number of ether oxygens (including phenoxy) is 1. The van der Waals surface area contributed by atoms with Gasteiger partial charge in [0.25, 0.3) is 15.9 Å². The molecule has 1 unspecified atom stereocenters. The van der Waals surface area contributed by atoms with E-state index in [1.165, 1.54) is 11.4 Å². The van der Waals surface area contributed by atoms with Gasteiger partial charge in [0, 0.05) is 17.1 Å². The number of benzene rings is 2. The summed E-state index contributed by atoms with van der Waals surface area (Å²) < 4.78 is 32.2. The van der Waals surface area contributed by atoms with Crippen LogP contribution in [0.4, 0.5) is 5.69 Å². The molecule has 3 aromatic rings. The topological polar surface area (TPSA) is 75.7 Å². The number of hydrogen-bond acceptors (Lipinski definition) is 5. The maximum atomic E-state index is 12.6. The molecule has 0 saturated carbocycles. The van der Waals surface area contributed by atoms with Crippen LogP contribution in [0.25, 0.3) is 0 Å². The third kappa shape index (κ3) is 5.71. The van der Waals surface area contributed by atoms with E-state index in [2.05, 4.69) is 5.32 Å². The Morgan fingerprint density at radius 2 is 1.87 bits per heavy atom.